The summed E-state index contributed by atoms with van der Waals surface area (Å²) in [4.78, 5) is 23.3. The van der Waals surface area contributed by atoms with Gasteiger partial charge in [-0.3, -0.25) is 4.79 Å². The van der Waals surface area contributed by atoms with Crippen molar-refractivity contribution in [3.63, 3.8) is 0 Å². The van der Waals surface area contributed by atoms with E-state index in [4.69, 9.17) is 0 Å². The van der Waals surface area contributed by atoms with Crippen LogP contribution in [0.15, 0.2) is 18.2 Å². The molecule has 1 unspecified atom stereocenters. The molecule has 1 atom stereocenters. The molecule has 0 heterocycles. The maximum absolute atomic E-state index is 12.0. The van der Waals surface area contributed by atoms with Gasteiger partial charge in [-0.1, -0.05) is 6.92 Å². The molecule has 0 saturated heterocycles. The number of ether oxygens (including phenoxy) is 1. The van der Waals surface area contributed by atoms with Gasteiger partial charge in [0.25, 0.3) is 0 Å². The van der Waals surface area contributed by atoms with Crippen molar-refractivity contribution in [3.05, 3.63) is 42.3 Å². The molecular weight excluding hydrogens is 293 g/mol. The third kappa shape index (κ3) is 4.32. The Labute approximate surface area is 127 Å². The Morgan fingerprint density at radius 2 is 2.18 bits per heavy atom. The van der Waals surface area contributed by atoms with Crippen molar-refractivity contribution in [2.45, 2.75) is 13.3 Å². The van der Waals surface area contributed by atoms with Gasteiger partial charge < -0.3 is 16.5 Å². The smallest absolute Gasteiger partial charge is 0.304 e. The number of rotatable bonds is 4. The standard InChI is InChI=1S/C13H14O3.Y/c1-4-11(13(15)16-3)12(14)10-7-5-6-9(2)8-10;/h5-6,8,11H,1,4H2,2-3H3;/q-2;. The van der Waals surface area contributed by atoms with Crippen molar-refractivity contribution in [2.75, 3.05) is 7.11 Å². The fourth-order valence-electron chi connectivity index (χ4n) is 1.41. The summed E-state index contributed by atoms with van der Waals surface area (Å²) >= 11 is 0. The summed E-state index contributed by atoms with van der Waals surface area (Å²) in [7, 11) is 1.26. The van der Waals surface area contributed by atoms with Gasteiger partial charge in [-0.05, 0) is 0 Å². The minimum Gasteiger partial charge on any atom is -0.469 e. The molecule has 1 aromatic carbocycles. The Morgan fingerprint density at radius 3 is 2.65 bits per heavy atom. The second-order valence-electron chi connectivity index (χ2n) is 3.51. The number of carbonyl (C=O) groups is 2. The summed E-state index contributed by atoms with van der Waals surface area (Å²) in [5.41, 5.74) is 1.36. The quantitative estimate of drug-likeness (QED) is 0.370. The number of benzene rings is 1. The molecule has 4 heteroatoms. The SMILES string of the molecule is [CH2-]CC(C(=O)OC)C(=O)c1[c-]ccc(C)c1.[Y]. The first-order valence-electron chi connectivity index (χ1n) is 4.99. The van der Waals surface area contributed by atoms with Crippen LogP contribution in [0, 0.1) is 25.8 Å². The van der Waals surface area contributed by atoms with Gasteiger partial charge in [-0.2, -0.15) is 6.42 Å². The van der Waals surface area contributed by atoms with Gasteiger partial charge in [0.1, 0.15) is 0 Å². The molecule has 1 radical (unpaired) electrons. The van der Waals surface area contributed by atoms with E-state index < -0.39 is 11.9 Å². The summed E-state index contributed by atoms with van der Waals surface area (Å²) in [6.07, 6.45) is 0.188. The van der Waals surface area contributed by atoms with Crippen LogP contribution in [-0.2, 0) is 42.2 Å². The fraction of sp³-hybridized carbons (Fsp3) is 0.308. The van der Waals surface area contributed by atoms with E-state index in [0.29, 0.717) is 5.56 Å². The van der Waals surface area contributed by atoms with E-state index in [0.717, 1.165) is 5.56 Å². The minimum atomic E-state index is -0.831. The zero-order chi connectivity index (χ0) is 12.1. The van der Waals surface area contributed by atoms with Gasteiger partial charge in [-0.25, -0.2) is 0 Å². The average molecular weight is 307 g/mol. The number of aryl methyl sites for hydroxylation is 1. The summed E-state index contributed by atoms with van der Waals surface area (Å²) in [5, 5.41) is 0. The van der Waals surface area contributed by atoms with Crippen LogP contribution in [0.1, 0.15) is 22.3 Å². The van der Waals surface area contributed by atoms with Gasteiger partial charge in [0, 0.05) is 32.7 Å². The van der Waals surface area contributed by atoms with Gasteiger partial charge in [0.15, 0.2) is 0 Å². The molecule has 0 aliphatic heterocycles. The molecule has 1 aromatic rings. The Balaban J connectivity index is 0.00000256. The first-order chi connectivity index (χ1) is 7.60. The summed E-state index contributed by atoms with van der Waals surface area (Å²) in [6.45, 7) is 5.47. The monoisotopic (exact) mass is 307 g/mol. The van der Waals surface area contributed by atoms with E-state index >= 15 is 0 Å². The van der Waals surface area contributed by atoms with Crippen molar-refractivity contribution in [1.82, 2.24) is 0 Å². The predicted octanol–water partition coefficient (Wildman–Crippen LogP) is 1.99. The van der Waals surface area contributed by atoms with E-state index in [1.807, 2.05) is 13.0 Å². The molecule has 3 nitrogen and oxygen atoms in total. The molecule has 0 spiro atoms. The molecule has 1 rings (SSSR count). The Bertz CT molecular complexity index is 401. The van der Waals surface area contributed by atoms with Crippen LogP contribution in [0.3, 0.4) is 0 Å². The van der Waals surface area contributed by atoms with Crippen LogP contribution < -0.4 is 0 Å². The van der Waals surface area contributed by atoms with Crippen molar-refractivity contribution < 1.29 is 47.0 Å². The van der Waals surface area contributed by atoms with Gasteiger partial charge >= 0.3 is 5.97 Å². The molecule has 0 aromatic heterocycles. The molecule has 0 N–H and O–H groups in total. The molecule has 0 saturated carbocycles. The Hall–Kier alpha value is -0.536. The second-order valence-corrected chi connectivity index (χ2v) is 3.51. The van der Waals surface area contributed by atoms with Crippen LogP contribution in [0.5, 0.6) is 0 Å². The molecule has 0 aliphatic rings. The number of methoxy groups -OCH3 is 1. The van der Waals surface area contributed by atoms with E-state index in [1.165, 1.54) is 7.11 Å². The predicted molar refractivity (Wildman–Crippen MR) is 59.8 cm³/mol. The van der Waals surface area contributed by atoms with Crippen molar-refractivity contribution >= 4 is 11.8 Å². The molecule has 89 valence electrons. The molecule has 0 bridgehead atoms. The third-order valence-corrected chi connectivity index (χ3v) is 2.31. The van der Waals surface area contributed by atoms with Crippen LogP contribution in [0.2, 0.25) is 0 Å². The first kappa shape index (κ1) is 16.5. The van der Waals surface area contributed by atoms with E-state index in [9.17, 15) is 9.59 Å². The topological polar surface area (TPSA) is 43.4 Å². The van der Waals surface area contributed by atoms with Crippen LogP contribution >= 0.6 is 0 Å². The summed E-state index contributed by atoms with van der Waals surface area (Å²) in [6, 6.07) is 8.03. The van der Waals surface area contributed by atoms with Crippen LogP contribution in [-0.4, -0.2) is 18.9 Å². The maximum Gasteiger partial charge on any atom is 0.304 e. The number of carbonyl (C=O) groups excluding carboxylic acids is 2. The van der Waals surface area contributed by atoms with Crippen molar-refractivity contribution in [2.24, 2.45) is 5.92 Å². The Morgan fingerprint density at radius 1 is 1.53 bits per heavy atom. The average Bonchev–Trinajstić information content (AvgIpc) is 2.29. The van der Waals surface area contributed by atoms with Crippen molar-refractivity contribution in [1.29, 1.82) is 0 Å². The fourth-order valence-corrected chi connectivity index (χ4v) is 1.41. The zero-order valence-corrected chi connectivity index (χ0v) is 12.9. The molecule has 0 fully saturated rings. The molecular formula is C13H14O3Y-2. The zero-order valence-electron chi connectivity index (χ0n) is 10.0. The van der Waals surface area contributed by atoms with Crippen LogP contribution in [0.4, 0.5) is 0 Å². The van der Waals surface area contributed by atoms with Gasteiger partial charge in [-0.15, -0.1) is 35.4 Å². The van der Waals surface area contributed by atoms with E-state index in [-0.39, 0.29) is 44.9 Å². The van der Waals surface area contributed by atoms with Crippen LogP contribution in [0.25, 0.3) is 0 Å². The maximum atomic E-state index is 12.0. The first-order valence-corrected chi connectivity index (χ1v) is 4.99. The van der Waals surface area contributed by atoms with E-state index in [2.05, 4.69) is 17.7 Å². The number of hydrogen-bond donors (Lipinski definition) is 0. The van der Waals surface area contributed by atoms with Gasteiger partial charge in [0.05, 0.1) is 18.8 Å². The number of esters is 1. The molecule has 0 aliphatic carbocycles. The largest absolute Gasteiger partial charge is 0.469 e. The second kappa shape index (κ2) is 7.73. The number of Topliss-reactive ketones (excluding diaryl/α,β-unsaturated/α-hetero) is 1. The van der Waals surface area contributed by atoms with Gasteiger partial charge in [0.2, 0.25) is 0 Å². The number of ketones is 1. The number of hydrogen-bond acceptors (Lipinski definition) is 3. The third-order valence-electron chi connectivity index (χ3n) is 2.31. The Kier molecular flexibility index (Phi) is 7.48. The summed E-state index contributed by atoms with van der Waals surface area (Å²) in [5.74, 6) is -1.66. The summed E-state index contributed by atoms with van der Waals surface area (Å²) < 4.78 is 4.56. The normalized spacial score (nSPS) is 11.2. The minimum absolute atomic E-state index is 0. The molecule has 17 heavy (non-hydrogen) atoms. The van der Waals surface area contributed by atoms with E-state index in [1.54, 1.807) is 12.1 Å². The van der Waals surface area contributed by atoms with Crippen molar-refractivity contribution in [3.8, 4) is 0 Å². The molecule has 0 amide bonds.